The Bertz CT molecular complexity index is 1160. The third kappa shape index (κ3) is 6.10. The number of hydrazone groups is 1. The van der Waals surface area contributed by atoms with Gasteiger partial charge in [0.2, 0.25) is 0 Å². The minimum atomic E-state index is -0.281. The van der Waals surface area contributed by atoms with Crippen molar-refractivity contribution in [1.29, 1.82) is 0 Å². The van der Waals surface area contributed by atoms with Crippen LogP contribution in [0.2, 0.25) is 5.02 Å². The summed E-state index contributed by atoms with van der Waals surface area (Å²) in [5.41, 5.74) is 5.92. The number of carbonyl (C=O) groups is 1. The summed E-state index contributed by atoms with van der Waals surface area (Å²) < 4.78 is 12.4. The third-order valence-electron chi connectivity index (χ3n) is 5.53. The molecule has 176 valence electrons. The van der Waals surface area contributed by atoms with E-state index in [-0.39, 0.29) is 5.91 Å². The lowest BCUT2D eigenvalue weighted by Gasteiger charge is -2.17. The monoisotopic (exact) mass is 541 g/mol. The standard InChI is InChI=1S/C26H25BrClN3O3/c1-33-24-15-19(14-23(28)25(24)34-17-18-4-8-21(27)9-5-18)16-29-30-26(32)20-6-10-22(11-7-20)31-12-2-3-13-31/h4-11,14-16H,2-3,12-13,17H2,1H3,(H,30,32)/b29-16-. The fraction of sp³-hybridized carbons (Fsp3) is 0.231. The van der Waals surface area contributed by atoms with Gasteiger partial charge in [-0.2, -0.15) is 5.10 Å². The largest absolute Gasteiger partial charge is 0.493 e. The number of rotatable bonds is 8. The van der Waals surface area contributed by atoms with Crippen LogP contribution in [0.3, 0.4) is 0 Å². The van der Waals surface area contributed by atoms with Crippen molar-refractivity contribution in [2.75, 3.05) is 25.1 Å². The second kappa shape index (κ2) is 11.4. The number of amides is 1. The molecule has 1 saturated heterocycles. The first-order valence-electron chi connectivity index (χ1n) is 11.0. The Morgan fingerprint density at radius 2 is 1.82 bits per heavy atom. The van der Waals surface area contributed by atoms with E-state index in [1.807, 2.05) is 48.5 Å². The summed E-state index contributed by atoms with van der Waals surface area (Å²) in [6, 6.07) is 18.9. The number of hydrogen-bond acceptors (Lipinski definition) is 5. The SMILES string of the molecule is COc1cc(/C=N\NC(=O)c2ccc(N3CCCC3)cc2)cc(Cl)c1OCc1ccc(Br)cc1. The van der Waals surface area contributed by atoms with Crippen molar-refractivity contribution in [3.63, 3.8) is 0 Å². The fourth-order valence-corrected chi connectivity index (χ4v) is 4.26. The molecule has 1 amide bonds. The predicted octanol–water partition coefficient (Wildman–Crippen LogP) is 6.05. The average Bonchev–Trinajstić information content (AvgIpc) is 3.39. The zero-order valence-corrected chi connectivity index (χ0v) is 21.1. The number of halogens is 2. The third-order valence-corrected chi connectivity index (χ3v) is 6.34. The maximum Gasteiger partial charge on any atom is 0.271 e. The number of nitrogens with one attached hydrogen (secondary N) is 1. The van der Waals surface area contributed by atoms with Crippen molar-refractivity contribution in [1.82, 2.24) is 5.43 Å². The number of ether oxygens (including phenoxy) is 2. The summed E-state index contributed by atoms with van der Waals surface area (Å²) in [5.74, 6) is 0.651. The van der Waals surface area contributed by atoms with Crippen molar-refractivity contribution >= 4 is 45.3 Å². The van der Waals surface area contributed by atoms with Crippen LogP contribution < -0.4 is 19.8 Å². The van der Waals surface area contributed by atoms with Crippen LogP contribution in [-0.4, -0.2) is 32.3 Å². The Kier molecular flexibility index (Phi) is 8.08. The van der Waals surface area contributed by atoms with Crippen LogP contribution in [-0.2, 0) is 6.61 Å². The lowest BCUT2D eigenvalue weighted by molar-refractivity contribution is 0.0955. The Labute approximate surface area is 212 Å². The Hall–Kier alpha value is -3.03. The van der Waals surface area contributed by atoms with Crippen molar-refractivity contribution in [2.24, 2.45) is 5.10 Å². The number of benzene rings is 3. The molecule has 6 nitrogen and oxygen atoms in total. The highest BCUT2D eigenvalue weighted by atomic mass is 79.9. The van der Waals surface area contributed by atoms with E-state index < -0.39 is 0 Å². The molecule has 3 aromatic carbocycles. The van der Waals surface area contributed by atoms with Crippen molar-refractivity contribution < 1.29 is 14.3 Å². The number of carbonyl (C=O) groups excluding carboxylic acids is 1. The highest BCUT2D eigenvalue weighted by molar-refractivity contribution is 9.10. The van der Waals surface area contributed by atoms with E-state index >= 15 is 0 Å². The van der Waals surface area contributed by atoms with Gasteiger partial charge in [-0.15, -0.1) is 0 Å². The van der Waals surface area contributed by atoms with Gasteiger partial charge in [0, 0.05) is 28.8 Å². The summed E-state index contributed by atoms with van der Waals surface area (Å²) in [6.45, 7) is 2.48. The second-order valence-corrected chi connectivity index (χ2v) is 9.21. The van der Waals surface area contributed by atoms with Crippen LogP contribution in [0.5, 0.6) is 11.5 Å². The van der Waals surface area contributed by atoms with E-state index in [0.717, 1.165) is 28.8 Å². The Balaban J connectivity index is 1.37. The molecule has 0 aliphatic carbocycles. The number of nitrogens with zero attached hydrogens (tertiary/aromatic N) is 2. The maximum atomic E-state index is 12.4. The highest BCUT2D eigenvalue weighted by Gasteiger charge is 2.14. The van der Waals surface area contributed by atoms with Crippen LogP contribution >= 0.6 is 27.5 Å². The van der Waals surface area contributed by atoms with E-state index in [1.54, 1.807) is 19.2 Å². The van der Waals surface area contributed by atoms with E-state index in [1.165, 1.54) is 19.1 Å². The molecular weight excluding hydrogens is 518 g/mol. The highest BCUT2D eigenvalue weighted by Crippen LogP contribution is 2.36. The maximum absolute atomic E-state index is 12.4. The van der Waals surface area contributed by atoms with Crippen LogP contribution in [0.4, 0.5) is 5.69 Å². The zero-order chi connectivity index (χ0) is 23.9. The molecule has 0 aromatic heterocycles. The number of hydrogen-bond donors (Lipinski definition) is 1. The van der Waals surface area contributed by atoms with E-state index in [2.05, 4.69) is 31.4 Å². The number of anilines is 1. The molecule has 0 bridgehead atoms. The summed E-state index contributed by atoms with van der Waals surface area (Å²) in [6.07, 6.45) is 3.94. The summed E-state index contributed by atoms with van der Waals surface area (Å²) in [7, 11) is 1.55. The van der Waals surface area contributed by atoms with Gasteiger partial charge < -0.3 is 14.4 Å². The van der Waals surface area contributed by atoms with Gasteiger partial charge in [0.05, 0.1) is 18.3 Å². The van der Waals surface area contributed by atoms with Gasteiger partial charge >= 0.3 is 0 Å². The molecule has 0 atom stereocenters. The lowest BCUT2D eigenvalue weighted by atomic mass is 10.2. The van der Waals surface area contributed by atoms with E-state index in [0.29, 0.717) is 34.3 Å². The first kappa shape index (κ1) is 24.1. The molecule has 0 saturated carbocycles. The summed E-state index contributed by atoms with van der Waals surface area (Å²) in [4.78, 5) is 14.8. The predicted molar refractivity (Wildman–Crippen MR) is 139 cm³/mol. The van der Waals surface area contributed by atoms with Gasteiger partial charge in [0.25, 0.3) is 5.91 Å². The van der Waals surface area contributed by atoms with Crippen LogP contribution in [0.25, 0.3) is 0 Å². The van der Waals surface area contributed by atoms with E-state index in [9.17, 15) is 4.79 Å². The average molecular weight is 543 g/mol. The van der Waals surface area contributed by atoms with Crippen LogP contribution in [0, 0.1) is 0 Å². The minimum absolute atomic E-state index is 0.281. The molecule has 3 aromatic rings. The van der Waals surface area contributed by atoms with Gasteiger partial charge in [-0.25, -0.2) is 5.43 Å². The molecule has 1 fully saturated rings. The van der Waals surface area contributed by atoms with Gasteiger partial charge in [-0.05, 0) is 72.5 Å². The molecule has 34 heavy (non-hydrogen) atoms. The van der Waals surface area contributed by atoms with E-state index in [4.69, 9.17) is 21.1 Å². The second-order valence-electron chi connectivity index (χ2n) is 7.89. The first-order valence-corrected chi connectivity index (χ1v) is 12.1. The minimum Gasteiger partial charge on any atom is -0.493 e. The van der Waals surface area contributed by atoms with Crippen LogP contribution in [0.1, 0.15) is 34.3 Å². The molecule has 1 heterocycles. The summed E-state index contributed by atoms with van der Waals surface area (Å²) >= 11 is 9.86. The molecule has 1 N–H and O–H groups in total. The topological polar surface area (TPSA) is 63.2 Å². The molecule has 8 heteroatoms. The van der Waals surface area contributed by atoms with Crippen molar-refractivity contribution in [2.45, 2.75) is 19.4 Å². The molecule has 0 spiro atoms. The van der Waals surface area contributed by atoms with Crippen molar-refractivity contribution in [3.8, 4) is 11.5 Å². The molecule has 1 aliphatic heterocycles. The van der Waals surface area contributed by atoms with Gasteiger partial charge in [-0.1, -0.05) is 39.7 Å². The lowest BCUT2D eigenvalue weighted by Crippen LogP contribution is -2.19. The number of methoxy groups -OCH3 is 1. The zero-order valence-electron chi connectivity index (χ0n) is 18.8. The van der Waals surface area contributed by atoms with Gasteiger partial charge in [0.1, 0.15) is 6.61 Å². The smallest absolute Gasteiger partial charge is 0.271 e. The normalized spacial score (nSPS) is 13.3. The van der Waals surface area contributed by atoms with Crippen LogP contribution in [0.15, 0.2) is 70.2 Å². The fourth-order valence-electron chi connectivity index (χ4n) is 3.72. The first-order chi connectivity index (χ1) is 16.5. The Morgan fingerprint density at radius 1 is 1.12 bits per heavy atom. The molecular formula is C26H25BrClN3O3. The molecule has 0 unspecified atom stereocenters. The Morgan fingerprint density at radius 3 is 2.50 bits per heavy atom. The quantitative estimate of drug-likeness (QED) is 0.278. The molecule has 4 rings (SSSR count). The van der Waals surface area contributed by atoms with Gasteiger partial charge in [0.15, 0.2) is 11.5 Å². The molecule has 0 radical (unpaired) electrons. The molecule has 1 aliphatic rings. The summed E-state index contributed by atoms with van der Waals surface area (Å²) in [5, 5.41) is 4.46. The van der Waals surface area contributed by atoms with Gasteiger partial charge in [-0.3, -0.25) is 4.79 Å². The van der Waals surface area contributed by atoms with Crippen molar-refractivity contribution in [3.05, 3.63) is 86.8 Å².